The molecule has 17 heavy (non-hydrogen) atoms. The van der Waals surface area contributed by atoms with E-state index in [1.165, 1.54) is 12.2 Å². The van der Waals surface area contributed by atoms with Crippen LogP contribution in [0.1, 0.15) is 26.5 Å². The second kappa shape index (κ2) is 5.39. The lowest BCUT2D eigenvalue weighted by atomic mass is 10.1. The van der Waals surface area contributed by atoms with Gasteiger partial charge in [0.2, 0.25) is 5.78 Å². The third-order valence-electron chi connectivity index (χ3n) is 1.81. The second-order valence-corrected chi connectivity index (χ2v) is 4.66. The molecule has 1 heterocycles. The standard InChI is InChI=1S/C13H16N2O2/c1-13(2,3)15-12(17)11(16)8-7-10-6-4-5-9-14-10/h4-9H,1-3H3,(H,15,17)/b8-7+. The number of amides is 1. The quantitative estimate of drug-likeness (QED) is 0.635. The summed E-state index contributed by atoms with van der Waals surface area (Å²) < 4.78 is 0. The van der Waals surface area contributed by atoms with Crippen molar-refractivity contribution >= 4 is 17.8 Å². The van der Waals surface area contributed by atoms with Gasteiger partial charge in [-0.25, -0.2) is 0 Å². The molecule has 90 valence electrons. The molecule has 4 nitrogen and oxygen atoms in total. The van der Waals surface area contributed by atoms with Crippen LogP contribution in [0.4, 0.5) is 0 Å². The van der Waals surface area contributed by atoms with E-state index in [1.54, 1.807) is 18.3 Å². The SMILES string of the molecule is CC(C)(C)NC(=O)C(=O)/C=C/c1ccccn1. The average Bonchev–Trinajstić information content (AvgIpc) is 2.25. The predicted octanol–water partition coefficient (Wildman–Crippen LogP) is 1.58. The fraction of sp³-hybridized carbons (Fsp3) is 0.308. The lowest BCUT2D eigenvalue weighted by Gasteiger charge is -2.19. The summed E-state index contributed by atoms with van der Waals surface area (Å²) in [5.41, 5.74) is 0.232. The van der Waals surface area contributed by atoms with E-state index in [4.69, 9.17) is 0 Å². The zero-order chi connectivity index (χ0) is 12.9. The molecule has 0 saturated carbocycles. The lowest BCUT2D eigenvalue weighted by molar-refractivity contribution is -0.136. The molecular formula is C13H16N2O2. The molecule has 1 aromatic rings. The van der Waals surface area contributed by atoms with Crippen molar-refractivity contribution in [3.05, 3.63) is 36.2 Å². The van der Waals surface area contributed by atoms with Crippen molar-refractivity contribution in [1.82, 2.24) is 10.3 Å². The van der Waals surface area contributed by atoms with Gasteiger partial charge in [-0.2, -0.15) is 0 Å². The summed E-state index contributed by atoms with van der Waals surface area (Å²) in [5, 5.41) is 2.60. The third-order valence-corrected chi connectivity index (χ3v) is 1.81. The first-order valence-electron chi connectivity index (χ1n) is 5.34. The summed E-state index contributed by atoms with van der Waals surface area (Å²) in [6.45, 7) is 5.46. The van der Waals surface area contributed by atoms with Crippen molar-refractivity contribution in [2.45, 2.75) is 26.3 Å². The van der Waals surface area contributed by atoms with E-state index >= 15 is 0 Å². The minimum Gasteiger partial charge on any atom is -0.345 e. The normalized spacial score (nSPS) is 11.5. The highest BCUT2D eigenvalue weighted by atomic mass is 16.2. The number of carbonyl (C=O) groups excluding carboxylic acids is 2. The van der Waals surface area contributed by atoms with Crippen molar-refractivity contribution < 1.29 is 9.59 Å². The summed E-state index contributed by atoms with van der Waals surface area (Å²) in [6.07, 6.45) is 4.37. The number of rotatable bonds is 3. The predicted molar refractivity (Wildman–Crippen MR) is 66.2 cm³/mol. The van der Waals surface area contributed by atoms with Crippen LogP contribution in [0.25, 0.3) is 6.08 Å². The Kier molecular flexibility index (Phi) is 4.15. The van der Waals surface area contributed by atoms with Crippen LogP contribution >= 0.6 is 0 Å². The molecule has 1 amide bonds. The van der Waals surface area contributed by atoms with Gasteiger partial charge in [0, 0.05) is 11.7 Å². The number of ketones is 1. The molecule has 0 saturated heterocycles. The van der Waals surface area contributed by atoms with Crippen molar-refractivity contribution in [1.29, 1.82) is 0 Å². The monoisotopic (exact) mass is 232 g/mol. The van der Waals surface area contributed by atoms with Gasteiger partial charge >= 0.3 is 0 Å². The van der Waals surface area contributed by atoms with Crippen LogP contribution in [-0.4, -0.2) is 22.2 Å². The number of nitrogens with one attached hydrogen (secondary N) is 1. The first-order valence-corrected chi connectivity index (χ1v) is 5.34. The van der Waals surface area contributed by atoms with Gasteiger partial charge in [0.1, 0.15) is 0 Å². The molecule has 1 rings (SSSR count). The number of carbonyl (C=O) groups is 2. The van der Waals surface area contributed by atoms with Crippen LogP contribution < -0.4 is 5.32 Å². The van der Waals surface area contributed by atoms with Crippen LogP contribution in [0, 0.1) is 0 Å². The summed E-state index contributed by atoms with van der Waals surface area (Å²) in [4.78, 5) is 26.9. The Balaban J connectivity index is 2.61. The van der Waals surface area contributed by atoms with Gasteiger partial charge in [0.25, 0.3) is 5.91 Å². The molecule has 1 N–H and O–H groups in total. The van der Waals surface area contributed by atoms with E-state index in [0.29, 0.717) is 5.69 Å². The smallest absolute Gasteiger partial charge is 0.292 e. The first kappa shape index (κ1) is 13.1. The Bertz CT molecular complexity index is 430. The Morgan fingerprint density at radius 3 is 2.53 bits per heavy atom. The number of nitrogens with zero attached hydrogens (tertiary/aromatic N) is 1. The molecule has 4 heteroatoms. The van der Waals surface area contributed by atoms with E-state index in [-0.39, 0.29) is 0 Å². The molecule has 0 aliphatic rings. The zero-order valence-corrected chi connectivity index (χ0v) is 10.2. The summed E-state index contributed by atoms with van der Waals surface area (Å²) >= 11 is 0. The molecule has 0 aliphatic heterocycles. The molecule has 0 radical (unpaired) electrons. The molecule has 0 unspecified atom stereocenters. The summed E-state index contributed by atoms with van der Waals surface area (Å²) in [5.74, 6) is -1.18. The average molecular weight is 232 g/mol. The first-order chi connectivity index (χ1) is 7.88. The van der Waals surface area contributed by atoms with Crippen LogP contribution in [0.3, 0.4) is 0 Å². The largest absolute Gasteiger partial charge is 0.345 e. The minimum atomic E-state index is -0.607. The molecule has 0 atom stereocenters. The number of hydrogen-bond acceptors (Lipinski definition) is 3. The number of pyridine rings is 1. The third kappa shape index (κ3) is 5.06. The van der Waals surface area contributed by atoms with E-state index in [9.17, 15) is 9.59 Å². The van der Waals surface area contributed by atoms with Crippen LogP contribution in [0.15, 0.2) is 30.5 Å². The maximum Gasteiger partial charge on any atom is 0.292 e. The Labute approximate surface area is 101 Å². The van der Waals surface area contributed by atoms with E-state index < -0.39 is 17.2 Å². The van der Waals surface area contributed by atoms with Gasteiger partial charge in [0.05, 0.1) is 5.69 Å². The molecule has 0 spiro atoms. The molecular weight excluding hydrogens is 216 g/mol. The molecule has 0 aromatic carbocycles. The van der Waals surface area contributed by atoms with Gasteiger partial charge in [-0.1, -0.05) is 6.07 Å². The highest BCUT2D eigenvalue weighted by Crippen LogP contribution is 2.00. The molecule has 0 aliphatic carbocycles. The van der Waals surface area contributed by atoms with E-state index in [0.717, 1.165) is 0 Å². The number of hydrogen-bond donors (Lipinski definition) is 1. The molecule has 0 bridgehead atoms. The molecule has 1 aromatic heterocycles. The Hall–Kier alpha value is -1.97. The van der Waals surface area contributed by atoms with Crippen molar-refractivity contribution in [3.8, 4) is 0 Å². The fourth-order valence-electron chi connectivity index (χ4n) is 1.11. The maximum atomic E-state index is 11.5. The Morgan fingerprint density at radius 1 is 1.29 bits per heavy atom. The highest BCUT2D eigenvalue weighted by molar-refractivity contribution is 6.41. The van der Waals surface area contributed by atoms with Gasteiger partial charge < -0.3 is 5.32 Å². The molecule has 0 fully saturated rings. The van der Waals surface area contributed by atoms with Crippen LogP contribution in [0.2, 0.25) is 0 Å². The van der Waals surface area contributed by atoms with E-state index in [1.807, 2.05) is 26.8 Å². The van der Waals surface area contributed by atoms with Crippen molar-refractivity contribution in [2.75, 3.05) is 0 Å². The lowest BCUT2D eigenvalue weighted by Crippen LogP contribution is -2.43. The topological polar surface area (TPSA) is 59.1 Å². The second-order valence-electron chi connectivity index (χ2n) is 4.66. The van der Waals surface area contributed by atoms with Gasteiger partial charge in [-0.15, -0.1) is 0 Å². The summed E-state index contributed by atoms with van der Waals surface area (Å²) in [6, 6.07) is 5.35. The highest BCUT2D eigenvalue weighted by Gasteiger charge is 2.17. The van der Waals surface area contributed by atoms with Crippen molar-refractivity contribution in [3.63, 3.8) is 0 Å². The fourth-order valence-corrected chi connectivity index (χ4v) is 1.11. The Morgan fingerprint density at radius 2 is 2.00 bits per heavy atom. The van der Waals surface area contributed by atoms with Gasteiger partial charge in [0.15, 0.2) is 0 Å². The van der Waals surface area contributed by atoms with Gasteiger partial charge in [-0.3, -0.25) is 14.6 Å². The van der Waals surface area contributed by atoms with E-state index in [2.05, 4.69) is 10.3 Å². The summed E-state index contributed by atoms with van der Waals surface area (Å²) in [7, 11) is 0. The van der Waals surface area contributed by atoms with Crippen molar-refractivity contribution in [2.24, 2.45) is 0 Å². The minimum absolute atomic E-state index is 0.411. The zero-order valence-electron chi connectivity index (χ0n) is 10.2. The van der Waals surface area contributed by atoms with Gasteiger partial charge in [-0.05, 0) is 45.1 Å². The maximum absolute atomic E-state index is 11.5. The van der Waals surface area contributed by atoms with Crippen LogP contribution in [0.5, 0.6) is 0 Å². The van der Waals surface area contributed by atoms with Crippen LogP contribution in [-0.2, 0) is 9.59 Å². The number of aromatic nitrogens is 1.